The third kappa shape index (κ3) is 3.95. The van der Waals surface area contributed by atoms with Gasteiger partial charge in [0.15, 0.2) is 0 Å². The molecule has 1 amide bonds. The number of carboxylic acids is 1. The summed E-state index contributed by atoms with van der Waals surface area (Å²) in [7, 11) is 0. The molecule has 116 valence electrons. The van der Waals surface area contributed by atoms with Crippen molar-refractivity contribution in [1.29, 1.82) is 0 Å². The van der Waals surface area contributed by atoms with Crippen molar-refractivity contribution in [3.63, 3.8) is 0 Å². The molecule has 0 spiro atoms. The maximum absolute atomic E-state index is 12.3. The van der Waals surface area contributed by atoms with Crippen LogP contribution in [-0.4, -0.2) is 41.5 Å². The lowest BCUT2D eigenvalue weighted by Gasteiger charge is -2.39. The van der Waals surface area contributed by atoms with Crippen LogP contribution in [0, 0.1) is 11.3 Å². The van der Waals surface area contributed by atoms with Crippen molar-refractivity contribution in [3.8, 4) is 0 Å². The number of likely N-dealkylation sites (tertiary alicyclic amines) is 1. The zero-order chi connectivity index (χ0) is 15.2. The fourth-order valence-electron chi connectivity index (χ4n) is 3.06. The van der Waals surface area contributed by atoms with E-state index in [9.17, 15) is 14.7 Å². The van der Waals surface area contributed by atoms with Gasteiger partial charge in [0.25, 0.3) is 0 Å². The molecule has 0 aliphatic carbocycles. The Labute approximate surface area is 121 Å². The van der Waals surface area contributed by atoms with E-state index in [1.165, 1.54) is 0 Å². The van der Waals surface area contributed by atoms with E-state index in [-0.39, 0.29) is 11.8 Å². The SMILES string of the molecule is CCCC1(C(=O)O)CCN(C(=O)C(C)CCCN)CC1. The Morgan fingerprint density at radius 2 is 1.95 bits per heavy atom. The number of carbonyl (C=O) groups excluding carboxylic acids is 1. The van der Waals surface area contributed by atoms with Crippen molar-refractivity contribution in [3.05, 3.63) is 0 Å². The van der Waals surface area contributed by atoms with Crippen LogP contribution in [0.25, 0.3) is 0 Å². The van der Waals surface area contributed by atoms with Crippen molar-refractivity contribution in [1.82, 2.24) is 4.90 Å². The summed E-state index contributed by atoms with van der Waals surface area (Å²) in [4.78, 5) is 25.6. The lowest BCUT2D eigenvalue weighted by molar-refractivity contribution is -0.155. The van der Waals surface area contributed by atoms with Crippen molar-refractivity contribution in [2.24, 2.45) is 17.1 Å². The Kier molecular flexibility index (Phi) is 6.46. The zero-order valence-corrected chi connectivity index (χ0v) is 12.7. The Morgan fingerprint density at radius 3 is 2.40 bits per heavy atom. The highest BCUT2D eigenvalue weighted by Crippen LogP contribution is 2.36. The molecule has 1 rings (SSSR count). The van der Waals surface area contributed by atoms with Crippen molar-refractivity contribution < 1.29 is 14.7 Å². The summed E-state index contributed by atoms with van der Waals surface area (Å²) < 4.78 is 0. The fraction of sp³-hybridized carbons (Fsp3) is 0.867. The quantitative estimate of drug-likeness (QED) is 0.747. The maximum Gasteiger partial charge on any atom is 0.309 e. The minimum Gasteiger partial charge on any atom is -0.481 e. The van der Waals surface area contributed by atoms with E-state index in [0.29, 0.717) is 38.9 Å². The molecule has 3 N–H and O–H groups in total. The molecule has 1 atom stereocenters. The molecule has 5 heteroatoms. The summed E-state index contributed by atoms with van der Waals surface area (Å²) in [6.07, 6.45) is 4.39. The minimum atomic E-state index is -0.706. The van der Waals surface area contributed by atoms with Crippen LogP contribution in [-0.2, 0) is 9.59 Å². The monoisotopic (exact) mass is 284 g/mol. The molecule has 0 saturated carbocycles. The average Bonchev–Trinajstić information content (AvgIpc) is 2.44. The van der Waals surface area contributed by atoms with E-state index >= 15 is 0 Å². The molecule has 0 radical (unpaired) electrons. The first kappa shape index (κ1) is 17.0. The summed E-state index contributed by atoms with van der Waals surface area (Å²) in [5.74, 6) is -0.571. The molecule has 1 aliphatic heterocycles. The number of hydrogen-bond acceptors (Lipinski definition) is 3. The lowest BCUT2D eigenvalue weighted by atomic mass is 9.75. The zero-order valence-electron chi connectivity index (χ0n) is 12.7. The molecule has 1 unspecified atom stereocenters. The molecule has 1 heterocycles. The average molecular weight is 284 g/mol. The largest absolute Gasteiger partial charge is 0.481 e. The van der Waals surface area contributed by atoms with E-state index in [1.807, 2.05) is 18.7 Å². The summed E-state index contributed by atoms with van der Waals surface area (Å²) >= 11 is 0. The van der Waals surface area contributed by atoms with Gasteiger partial charge < -0.3 is 15.7 Å². The van der Waals surface area contributed by atoms with E-state index in [4.69, 9.17) is 5.73 Å². The van der Waals surface area contributed by atoms with Crippen LogP contribution >= 0.6 is 0 Å². The van der Waals surface area contributed by atoms with Crippen molar-refractivity contribution >= 4 is 11.9 Å². The van der Waals surface area contributed by atoms with E-state index in [0.717, 1.165) is 19.3 Å². The van der Waals surface area contributed by atoms with Gasteiger partial charge in [0.2, 0.25) is 5.91 Å². The van der Waals surface area contributed by atoms with Gasteiger partial charge in [-0.1, -0.05) is 20.3 Å². The topological polar surface area (TPSA) is 83.6 Å². The second-order valence-corrected chi connectivity index (χ2v) is 5.99. The molecule has 1 aliphatic rings. The third-order valence-electron chi connectivity index (χ3n) is 4.48. The predicted molar refractivity (Wildman–Crippen MR) is 78.2 cm³/mol. The first-order valence-corrected chi connectivity index (χ1v) is 7.69. The number of carbonyl (C=O) groups is 2. The van der Waals surface area contributed by atoms with E-state index in [1.54, 1.807) is 0 Å². The number of aliphatic carboxylic acids is 1. The smallest absolute Gasteiger partial charge is 0.309 e. The lowest BCUT2D eigenvalue weighted by Crippen LogP contribution is -2.47. The number of piperidine rings is 1. The second kappa shape index (κ2) is 7.62. The standard InChI is InChI=1S/C15H28N2O3/c1-3-6-15(14(19)20)7-10-17(11-8-15)13(18)12(2)5-4-9-16/h12H,3-11,16H2,1-2H3,(H,19,20). The van der Waals surface area contributed by atoms with Crippen molar-refractivity contribution in [2.75, 3.05) is 19.6 Å². The summed E-state index contributed by atoms with van der Waals surface area (Å²) in [5, 5.41) is 9.45. The van der Waals surface area contributed by atoms with Gasteiger partial charge in [0, 0.05) is 19.0 Å². The number of rotatable bonds is 7. The van der Waals surface area contributed by atoms with Crippen LogP contribution in [0.3, 0.4) is 0 Å². The number of amides is 1. The van der Waals surface area contributed by atoms with Gasteiger partial charge in [0.1, 0.15) is 0 Å². The molecule has 0 bridgehead atoms. The summed E-state index contributed by atoms with van der Waals surface area (Å²) in [6.45, 7) is 5.69. The molecule has 5 nitrogen and oxygen atoms in total. The predicted octanol–water partition coefficient (Wildman–Crippen LogP) is 1.85. The molecule has 0 aromatic heterocycles. The molecular formula is C15H28N2O3. The van der Waals surface area contributed by atoms with Gasteiger partial charge in [-0.05, 0) is 38.6 Å². The Bertz CT molecular complexity index is 336. The van der Waals surface area contributed by atoms with Gasteiger partial charge >= 0.3 is 5.97 Å². The van der Waals surface area contributed by atoms with Crippen LogP contribution in [0.5, 0.6) is 0 Å². The van der Waals surface area contributed by atoms with Crippen LogP contribution in [0.15, 0.2) is 0 Å². The highest BCUT2D eigenvalue weighted by molar-refractivity contribution is 5.79. The number of nitrogens with zero attached hydrogens (tertiary/aromatic N) is 1. The fourth-order valence-corrected chi connectivity index (χ4v) is 3.06. The molecule has 0 aromatic rings. The Balaban J connectivity index is 2.56. The van der Waals surface area contributed by atoms with Gasteiger partial charge in [-0.2, -0.15) is 0 Å². The molecule has 1 fully saturated rings. The van der Waals surface area contributed by atoms with Crippen LogP contribution in [0.4, 0.5) is 0 Å². The number of carboxylic acid groups (broad SMARTS) is 1. The Morgan fingerprint density at radius 1 is 1.35 bits per heavy atom. The summed E-state index contributed by atoms with van der Waals surface area (Å²) in [6, 6.07) is 0. The third-order valence-corrected chi connectivity index (χ3v) is 4.48. The molecule has 20 heavy (non-hydrogen) atoms. The number of hydrogen-bond donors (Lipinski definition) is 2. The highest BCUT2D eigenvalue weighted by atomic mass is 16.4. The van der Waals surface area contributed by atoms with Crippen molar-refractivity contribution in [2.45, 2.75) is 52.4 Å². The van der Waals surface area contributed by atoms with E-state index in [2.05, 4.69) is 0 Å². The van der Waals surface area contributed by atoms with Crippen LogP contribution in [0.2, 0.25) is 0 Å². The normalized spacial score (nSPS) is 19.6. The minimum absolute atomic E-state index is 0.0120. The van der Waals surface area contributed by atoms with Gasteiger partial charge in [-0.3, -0.25) is 9.59 Å². The first-order chi connectivity index (χ1) is 9.46. The maximum atomic E-state index is 12.3. The molecule has 0 aromatic carbocycles. The highest BCUT2D eigenvalue weighted by Gasteiger charge is 2.41. The van der Waals surface area contributed by atoms with E-state index < -0.39 is 11.4 Å². The number of nitrogens with two attached hydrogens (primary N) is 1. The second-order valence-electron chi connectivity index (χ2n) is 5.99. The van der Waals surface area contributed by atoms with Crippen LogP contribution < -0.4 is 5.73 Å². The van der Waals surface area contributed by atoms with Crippen LogP contribution in [0.1, 0.15) is 52.4 Å². The first-order valence-electron chi connectivity index (χ1n) is 7.69. The van der Waals surface area contributed by atoms with Gasteiger partial charge in [-0.15, -0.1) is 0 Å². The molecule has 1 saturated heterocycles. The van der Waals surface area contributed by atoms with Gasteiger partial charge in [0.05, 0.1) is 5.41 Å². The summed E-state index contributed by atoms with van der Waals surface area (Å²) in [5.41, 5.74) is 4.85. The molecular weight excluding hydrogens is 256 g/mol. The van der Waals surface area contributed by atoms with Gasteiger partial charge in [-0.25, -0.2) is 0 Å². The Hall–Kier alpha value is -1.10.